The van der Waals surface area contributed by atoms with Crippen LogP contribution in [-0.2, 0) is 14.4 Å². The van der Waals surface area contributed by atoms with Crippen LogP contribution in [0.25, 0.3) is 5.76 Å². The smallest absolute Gasteiger partial charge is 0.303 e. The number of unbranched alkanes of at least 4 members (excludes halogenated alkanes) is 2. The number of carbonyl (C=O) groups is 3. The number of benzene rings is 2. The van der Waals surface area contributed by atoms with Crippen molar-refractivity contribution in [2.45, 2.75) is 31.7 Å². The van der Waals surface area contributed by atoms with Crippen molar-refractivity contribution in [3.05, 3.63) is 77.1 Å². The van der Waals surface area contributed by atoms with Gasteiger partial charge in [0.25, 0.3) is 11.7 Å². The molecule has 3 rings (SSSR count). The molecule has 0 bridgehead atoms. The number of amides is 1. The number of aliphatic hydroxyl groups excluding tert-OH is 1. The Balaban J connectivity index is 1.95. The maximum absolute atomic E-state index is 13.4. The SMILES string of the molecule is O=C(O)CCCCCN1C(=O)C(=O)C(=C(O)c2ccccc2)[C@H]1c1ccc(F)cc1. The number of carbonyl (C=O) groups excluding carboxylic acids is 2. The molecule has 6 nitrogen and oxygen atoms in total. The summed E-state index contributed by atoms with van der Waals surface area (Å²) in [5, 5.41) is 19.6. The summed E-state index contributed by atoms with van der Waals surface area (Å²) in [7, 11) is 0. The molecule has 2 N–H and O–H groups in total. The van der Waals surface area contributed by atoms with Crippen molar-refractivity contribution < 1.29 is 29.0 Å². The van der Waals surface area contributed by atoms with Gasteiger partial charge in [-0.15, -0.1) is 0 Å². The lowest BCUT2D eigenvalue weighted by molar-refractivity contribution is -0.140. The summed E-state index contributed by atoms with van der Waals surface area (Å²) in [6.45, 7) is 0.220. The molecular formula is C23H22FNO5. The van der Waals surface area contributed by atoms with E-state index in [1.807, 2.05) is 0 Å². The molecule has 0 saturated carbocycles. The number of carboxylic acids is 1. The fourth-order valence-corrected chi connectivity index (χ4v) is 3.59. The molecule has 1 aliphatic rings. The maximum Gasteiger partial charge on any atom is 0.303 e. The zero-order valence-electron chi connectivity index (χ0n) is 16.3. The van der Waals surface area contributed by atoms with Gasteiger partial charge in [-0.1, -0.05) is 48.9 Å². The zero-order valence-corrected chi connectivity index (χ0v) is 16.3. The first-order chi connectivity index (χ1) is 14.4. The van der Waals surface area contributed by atoms with Gasteiger partial charge in [0, 0.05) is 18.5 Å². The highest BCUT2D eigenvalue weighted by Crippen LogP contribution is 2.39. The van der Waals surface area contributed by atoms with E-state index < -0.39 is 29.5 Å². The van der Waals surface area contributed by atoms with Crippen LogP contribution in [0.15, 0.2) is 60.2 Å². The highest BCUT2D eigenvalue weighted by Gasteiger charge is 2.45. The Hall–Kier alpha value is -3.48. The Bertz CT molecular complexity index is 969. The van der Waals surface area contributed by atoms with Gasteiger partial charge in [-0.3, -0.25) is 14.4 Å². The largest absolute Gasteiger partial charge is 0.507 e. The van der Waals surface area contributed by atoms with E-state index in [4.69, 9.17) is 5.11 Å². The summed E-state index contributed by atoms with van der Waals surface area (Å²) in [5.41, 5.74) is 0.881. The summed E-state index contributed by atoms with van der Waals surface area (Å²) in [4.78, 5) is 37.6. The fraction of sp³-hybridized carbons (Fsp3) is 0.261. The van der Waals surface area contributed by atoms with Crippen molar-refractivity contribution in [1.82, 2.24) is 4.90 Å². The number of hydrogen-bond acceptors (Lipinski definition) is 4. The number of aliphatic carboxylic acids is 1. The molecule has 30 heavy (non-hydrogen) atoms. The minimum atomic E-state index is -0.885. The Morgan fingerprint density at radius 2 is 1.60 bits per heavy atom. The van der Waals surface area contributed by atoms with Crippen LogP contribution in [0.3, 0.4) is 0 Å². The van der Waals surface area contributed by atoms with Gasteiger partial charge in [0.15, 0.2) is 0 Å². The quantitative estimate of drug-likeness (QED) is 0.297. The molecule has 1 atom stereocenters. The average Bonchev–Trinajstić information content (AvgIpc) is 2.99. The number of rotatable bonds is 8. The van der Waals surface area contributed by atoms with Gasteiger partial charge < -0.3 is 15.1 Å². The van der Waals surface area contributed by atoms with E-state index in [9.17, 15) is 23.9 Å². The van der Waals surface area contributed by atoms with E-state index in [-0.39, 0.29) is 24.3 Å². The van der Waals surface area contributed by atoms with Crippen molar-refractivity contribution in [2.24, 2.45) is 0 Å². The summed E-state index contributed by atoms with van der Waals surface area (Å²) in [6, 6.07) is 13.1. The maximum atomic E-state index is 13.4. The van der Waals surface area contributed by atoms with Crippen molar-refractivity contribution >= 4 is 23.4 Å². The Morgan fingerprint density at radius 1 is 0.933 bits per heavy atom. The third kappa shape index (κ3) is 4.56. The molecule has 156 valence electrons. The molecule has 1 heterocycles. The summed E-state index contributed by atoms with van der Waals surface area (Å²) in [6.07, 6.45) is 1.58. The lowest BCUT2D eigenvalue weighted by Gasteiger charge is -2.25. The van der Waals surface area contributed by atoms with Crippen molar-refractivity contribution in [3.8, 4) is 0 Å². The Morgan fingerprint density at radius 3 is 2.23 bits per heavy atom. The van der Waals surface area contributed by atoms with E-state index >= 15 is 0 Å². The minimum absolute atomic E-state index is 0.0359. The second kappa shape index (κ2) is 9.35. The van der Waals surface area contributed by atoms with Gasteiger partial charge in [0.2, 0.25) is 0 Å². The lowest BCUT2D eigenvalue weighted by Crippen LogP contribution is -2.30. The molecule has 0 aliphatic carbocycles. The first kappa shape index (κ1) is 21.2. The number of likely N-dealkylation sites (tertiary alicyclic amines) is 1. The van der Waals surface area contributed by atoms with Gasteiger partial charge in [0.1, 0.15) is 11.6 Å². The molecular weight excluding hydrogens is 389 g/mol. The monoisotopic (exact) mass is 411 g/mol. The molecule has 1 saturated heterocycles. The summed E-state index contributed by atoms with van der Waals surface area (Å²) in [5.74, 6) is -3.15. The third-order valence-electron chi connectivity index (χ3n) is 5.06. The van der Waals surface area contributed by atoms with Gasteiger partial charge in [-0.05, 0) is 30.5 Å². The molecule has 0 spiro atoms. The average molecular weight is 411 g/mol. The molecule has 1 fully saturated rings. The molecule has 1 amide bonds. The zero-order chi connectivity index (χ0) is 21.7. The van der Waals surface area contributed by atoms with Crippen LogP contribution in [-0.4, -0.2) is 39.3 Å². The van der Waals surface area contributed by atoms with Crippen LogP contribution in [0.5, 0.6) is 0 Å². The van der Waals surface area contributed by atoms with Crippen LogP contribution in [0.1, 0.15) is 42.9 Å². The molecule has 0 unspecified atom stereocenters. The van der Waals surface area contributed by atoms with E-state index in [0.717, 1.165) is 0 Å². The predicted octanol–water partition coefficient (Wildman–Crippen LogP) is 3.89. The second-order valence-corrected chi connectivity index (χ2v) is 7.11. The molecule has 7 heteroatoms. The van der Waals surface area contributed by atoms with Gasteiger partial charge >= 0.3 is 5.97 Å². The third-order valence-corrected chi connectivity index (χ3v) is 5.06. The van der Waals surface area contributed by atoms with Crippen molar-refractivity contribution in [1.29, 1.82) is 0 Å². The van der Waals surface area contributed by atoms with Gasteiger partial charge in [-0.2, -0.15) is 0 Å². The first-order valence-corrected chi connectivity index (χ1v) is 9.71. The number of nitrogens with zero attached hydrogens (tertiary/aromatic N) is 1. The van der Waals surface area contributed by atoms with Crippen molar-refractivity contribution in [2.75, 3.05) is 6.54 Å². The highest BCUT2D eigenvalue weighted by atomic mass is 19.1. The van der Waals surface area contributed by atoms with E-state index in [0.29, 0.717) is 30.4 Å². The van der Waals surface area contributed by atoms with Crippen LogP contribution >= 0.6 is 0 Å². The number of aliphatic hydroxyl groups is 1. The first-order valence-electron chi connectivity index (χ1n) is 9.71. The Labute approximate surface area is 173 Å². The van der Waals surface area contributed by atoms with Crippen LogP contribution in [0.4, 0.5) is 4.39 Å². The predicted molar refractivity (Wildman–Crippen MR) is 108 cm³/mol. The number of carboxylic acid groups (broad SMARTS) is 1. The van der Waals surface area contributed by atoms with E-state index in [1.54, 1.807) is 30.3 Å². The summed E-state index contributed by atoms with van der Waals surface area (Å²) >= 11 is 0. The minimum Gasteiger partial charge on any atom is -0.507 e. The van der Waals surface area contributed by atoms with Crippen molar-refractivity contribution in [3.63, 3.8) is 0 Å². The molecule has 2 aromatic carbocycles. The molecule has 0 radical (unpaired) electrons. The van der Waals surface area contributed by atoms with E-state index in [2.05, 4.69) is 0 Å². The van der Waals surface area contributed by atoms with Crippen LogP contribution in [0, 0.1) is 5.82 Å². The number of halogens is 1. The highest BCUT2D eigenvalue weighted by molar-refractivity contribution is 6.46. The number of ketones is 1. The number of hydrogen-bond donors (Lipinski definition) is 2. The summed E-state index contributed by atoms with van der Waals surface area (Å²) < 4.78 is 13.4. The Kier molecular flexibility index (Phi) is 6.61. The fourth-order valence-electron chi connectivity index (χ4n) is 3.59. The van der Waals surface area contributed by atoms with E-state index in [1.165, 1.54) is 29.2 Å². The normalized spacial score (nSPS) is 18.0. The number of Topliss-reactive ketones (excluding diaryl/α,β-unsaturated/α-hetero) is 1. The molecule has 0 aromatic heterocycles. The molecule has 2 aromatic rings. The van der Waals surface area contributed by atoms with Gasteiger partial charge in [-0.25, -0.2) is 4.39 Å². The lowest BCUT2D eigenvalue weighted by atomic mass is 9.95. The van der Waals surface area contributed by atoms with Gasteiger partial charge in [0.05, 0.1) is 11.6 Å². The standard InChI is InChI=1S/C23H22FNO5/c24-17-12-10-15(11-13-17)20-19(21(28)16-7-3-1-4-8-16)22(29)23(30)25(20)14-6-2-5-9-18(26)27/h1,3-4,7-8,10-13,20,28H,2,5-6,9,14H2,(H,26,27)/t20-/m1/s1. The molecule has 1 aliphatic heterocycles. The topological polar surface area (TPSA) is 94.9 Å². The van der Waals surface area contributed by atoms with Crippen LogP contribution in [0.2, 0.25) is 0 Å². The second-order valence-electron chi connectivity index (χ2n) is 7.11. The van der Waals surface area contributed by atoms with Crippen LogP contribution < -0.4 is 0 Å².